The maximum atomic E-state index is 12.4. The molecule has 0 radical (unpaired) electrons. The summed E-state index contributed by atoms with van der Waals surface area (Å²) in [5, 5.41) is 12.0. The molecule has 20 heavy (non-hydrogen) atoms. The van der Waals surface area contributed by atoms with Gasteiger partial charge in [0, 0.05) is 18.4 Å². The van der Waals surface area contributed by atoms with Crippen molar-refractivity contribution in [2.45, 2.75) is 65.7 Å². The minimum absolute atomic E-state index is 0.0340. The summed E-state index contributed by atoms with van der Waals surface area (Å²) >= 11 is 0. The van der Waals surface area contributed by atoms with Crippen LogP contribution >= 0.6 is 0 Å². The molecule has 4 nitrogen and oxygen atoms in total. The van der Waals surface area contributed by atoms with Gasteiger partial charge in [-0.1, -0.05) is 33.6 Å². The first-order valence-corrected chi connectivity index (χ1v) is 7.89. The first kappa shape index (κ1) is 17.0. The van der Waals surface area contributed by atoms with Gasteiger partial charge >= 0.3 is 5.97 Å². The molecule has 1 aliphatic rings. The minimum Gasteiger partial charge on any atom is -0.481 e. The minimum atomic E-state index is -0.782. The van der Waals surface area contributed by atoms with Gasteiger partial charge in [-0.15, -0.1) is 0 Å². The largest absolute Gasteiger partial charge is 0.481 e. The van der Waals surface area contributed by atoms with Crippen molar-refractivity contribution in [3.63, 3.8) is 0 Å². The Balaban J connectivity index is 2.52. The van der Waals surface area contributed by atoms with Crippen molar-refractivity contribution in [3.8, 4) is 0 Å². The van der Waals surface area contributed by atoms with Gasteiger partial charge in [0.25, 0.3) is 0 Å². The number of carbonyl (C=O) groups excluding carboxylic acids is 1. The highest BCUT2D eigenvalue weighted by Crippen LogP contribution is 2.41. The average molecular weight is 283 g/mol. The van der Waals surface area contributed by atoms with Crippen molar-refractivity contribution in [2.75, 3.05) is 6.54 Å². The Hall–Kier alpha value is -1.06. The number of amides is 1. The van der Waals surface area contributed by atoms with E-state index >= 15 is 0 Å². The fourth-order valence-corrected chi connectivity index (χ4v) is 3.37. The summed E-state index contributed by atoms with van der Waals surface area (Å²) in [5.74, 6) is -0.165. The molecule has 1 fully saturated rings. The lowest BCUT2D eigenvalue weighted by Gasteiger charge is -2.27. The van der Waals surface area contributed by atoms with Crippen LogP contribution in [0.15, 0.2) is 0 Å². The van der Waals surface area contributed by atoms with Crippen molar-refractivity contribution < 1.29 is 14.7 Å². The van der Waals surface area contributed by atoms with E-state index in [4.69, 9.17) is 5.11 Å². The van der Waals surface area contributed by atoms with Crippen LogP contribution in [0, 0.1) is 17.3 Å². The summed E-state index contributed by atoms with van der Waals surface area (Å²) in [7, 11) is 0. The van der Waals surface area contributed by atoms with Crippen LogP contribution in [-0.4, -0.2) is 23.5 Å². The van der Waals surface area contributed by atoms with Crippen molar-refractivity contribution in [2.24, 2.45) is 17.3 Å². The quantitative estimate of drug-likeness (QED) is 0.719. The molecule has 0 spiro atoms. The van der Waals surface area contributed by atoms with Crippen molar-refractivity contribution in [1.29, 1.82) is 0 Å². The first-order valence-electron chi connectivity index (χ1n) is 7.89. The standard InChI is InChI=1S/C16H29NO3/c1-4-16(7-5-6-8-16)15(20)17-11-13(9-12(2)3)10-14(18)19/h12-13H,4-11H2,1-3H3,(H,17,20)(H,18,19)/t13-/m0/s1. The molecule has 116 valence electrons. The molecule has 1 atom stereocenters. The van der Waals surface area contributed by atoms with Gasteiger partial charge in [-0.2, -0.15) is 0 Å². The second-order valence-electron chi connectivity index (χ2n) is 6.64. The van der Waals surface area contributed by atoms with Crippen LogP contribution in [-0.2, 0) is 9.59 Å². The van der Waals surface area contributed by atoms with E-state index in [9.17, 15) is 9.59 Å². The number of carboxylic acid groups (broad SMARTS) is 1. The summed E-state index contributed by atoms with van der Waals surface area (Å²) in [4.78, 5) is 23.3. The van der Waals surface area contributed by atoms with E-state index in [-0.39, 0.29) is 23.7 Å². The number of carbonyl (C=O) groups is 2. The molecule has 0 saturated heterocycles. The highest BCUT2D eigenvalue weighted by molar-refractivity contribution is 5.82. The predicted molar refractivity (Wildman–Crippen MR) is 79.4 cm³/mol. The fraction of sp³-hybridized carbons (Fsp3) is 0.875. The van der Waals surface area contributed by atoms with Crippen LogP contribution in [0.4, 0.5) is 0 Å². The molecule has 1 saturated carbocycles. The van der Waals surface area contributed by atoms with E-state index in [0.29, 0.717) is 12.5 Å². The molecule has 0 aliphatic heterocycles. The second-order valence-corrected chi connectivity index (χ2v) is 6.64. The Morgan fingerprint density at radius 3 is 2.30 bits per heavy atom. The summed E-state index contributed by atoms with van der Waals surface area (Å²) in [6.07, 6.45) is 6.07. The number of carboxylic acids is 1. The molecule has 1 aliphatic carbocycles. The molecule has 4 heteroatoms. The van der Waals surface area contributed by atoms with Gasteiger partial charge < -0.3 is 10.4 Å². The molecule has 2 N–H and O–H groups in total. The third-order valence-electron chi connectivity index (χ3n) is 4.54. The summed E-state index contributed by atoms with van der Waals surface area (Å²) < 4.78 is 0. The molecule has 0 aromatic heterocycles. The van der Waals surface area contributed by atoms with Gasteiger partial charge in [-0.25, -0.2) is 0 Å². The average Bonchev–Trinajstić information content (AvgIpc) is 2.84. The topological polar surface area (TPSA) is 66.4 Å². The molecule has 0 aromatic carbocycles. The Morgan fingerprint density at radius 2 is 1.85 bits per heavy atom. The first-order chi connectivity index (χ1) is 9.39. The van der Waals surface area contributed by atoms with Crippen LogP contribution in [0.25, 0.3) is 0 Å². The number of nitrogens with one attached hydrogen (secondary N) is 1. The second kappa shape index (κ2) is 7.65. The highest BCUT2D eigenvalue weighted by Gasteiger charge is 2.39. The van der Waals surface area contributed by atoms with E-state index in [2.05, 4.69) is 26.1 Å². The van der Waals surface area contributed by atoms with Crippen LogP contribution in [0.5, 0.6) is 0 Å². The van der Waals surface area contributed by atoms with Gasteiger partial charge in [0.15, 0.2) is 0 Å². The Bertz CT molecular complexity index is 333. The maximum Gasteiger partial charge on any atom is 0.303 e. The van der Waals surface area contributed by atoms with Crippen LogP contribution in [0.1, 0.15) is 65.7 Å². The lowest BCUT2D eigenvalue weighted by Crippen LogP contribution is -2.41. The normalized spacial score (nSPS) is 19.0. The molecule has 0 heterocycles. The van der Waals surface area contributed by atoms with Crippen LogP contribution in [0.2, 0.25) is 0 Å². The lowest BCUT2D eigenvalue weighted by atomic mass is 9.82. The van der Waals surface area contributed by atoms with Gasteiger partial charge in [0.05, 0.1) is 0 Å². The number of hydrogen-bond donors (Lipinski definition) is 2. The van der Waals surface area contributed by atoms with Crippen molar-refractivity contribution >= 4 is 11.9 Å². The smallest absolute Gasteiger partial charge is 0.303 e. The molecule has 0 unspecified atom stereocenters. The zero-order chi connectivity index (χ0) is 15.2. The molecular formula is C16H29NO3. The Kier molecular flexibility index (Phi) is 6.50. The summed E-state index contributed by atoms with van der Waals surface area (Å²) in [5.41, 5.74) is -0.189. The SMILES string of the molecule is CCC1(C(=O)NC[C@H](CC(=O)O)CC(C)C)CCCC1. The Labute approximate surface area is 122 Å². The molecule has 0 aromatic rings. The molecule has 1 rings (SSSR count). The van der Waals surface area contributed by atoms with Crippen molar-refractivity contribution in [1.82, 2.24) is 5.32 Å². The predicted octanol–water partition coefficient (Wildman–Crippen LogP) is 3.21. The van der Waals surface area contributed by atoms with E-state index in [1.165, 1.54) is 0 Å². The van der Waals surface area contributed by atoms with Gasteiger partial charge in [-0.3, -0.25) is 9.59 Å². The summed E-state index contributed by atoms with van der Waals surface area (Å²) in [6.45, 7) is 6.74. The van der Waals surface area contributed by atoms with Crippen molar-refractivity contribution in [3.05, 3.63) is 0 Å². The van der Waals surface area contributed by atoms with Gasteiger partial charge in [0.2, 0.25) is 5.91 Å². The van der Waals surface area contributed by atoms with E-state index in [0.717, 1.165) is 38.5 Å². The molecule has 0 bridgehead atoms. The summed E-state index contributed by atoms with van der Waals surface area (Å²) in [6, 6.07) is 0. The Morgan fingerprint density at radius 1 is 1.25 bits per heavy atom. The fourth-order valence-electron chi connectivity index (χ4n) is 3.37. The third-order valence-corrected chi connectivity index (χ3v) is 4.54. The third kappa shape index (κ3) is 4.80. The van der Waals surface area contributed by atoms with Crippen LogP contribution < -0.4 is 5.32 Å². The number of hydrogen-bond acceptors (Lipinski definition) is 2. The molecule has 1 amide bonds. The van der Waals surface area contributed by atoms with E-state index in [1.54, 1.807) is 0 Å². The number of aliphatic carboxylic acids is 1. The monoisotopic (exact) mass is 283 g/mol. The van der Waals surface area contributed by atoms with E-state index < -0.39 is 5.97 Å². The maximum absolute atomic E-state index is 12.4. The highest BCUT2D eigenvalue weighted by atomic mass is 16.4. The lowest BCUT2D eigenvalue weighted by molar-refractivity contribution is -0.139. The molecular weight excluding hydrogens is 254 g/mol. The van der Waals surface area contributed by atoms with E-state index in [1.807, 2.05) is 0 Å². The van der Waals surface area contributed by atoms with Gasteiger partial charge in [-0.05, 0) is 37.5 Å². The number of rotatable bonds is 8. The zero-order valence-electron chi connectivity index (χ0n) is 13.1. The van der Waals surface area contributed by atoms with Gasteiger partial charge in [0.1, 0.15) is 0 Å². The zero-order valence-corrected chi connectivity index (χ0v) is 13.1. The van der Waals surface area contributed by atoms with Crippen LogP contribution in [0.3, 0.4) is 0 Å².